The molecular weight excluding hydrogens is 220 g/mol. The number of hydrogen-bond donors (Lipinski definition) is 0. The second-order valence-corrected chi connectivity index (χ2v) is 5.96. The van der Waals surface area contributed by atoms with E-state index in [1.807, 2.05) is 24.8 Å². The van der Waals surface area contributed by atoms with E-state index in [9.17, 15) is 4.79 Å². The molecule has 1 spiro atoms. The molecule has 0 radical (unpaired) electrons. The highest BCUT2D eigenvalue weighted by Gasteiger charge is 2.40. The van der Waals surface area contributed by atoms with Crippen LogP contribution in [0.25, 0.3) is 0 Å². The fraction of sp³-hybridized carbons (Fsp3) is 0.769. The number of ketones is 1. The molecule has 2 nitrogen and oxygen atoms in total. The zero-order valence-electron chi connectivity index (χ0n) is 9.91. The lowest BCUT2D eigenvalue weighted by atomic mass is 9.80. The summed E-state index contributed by atoms with van der Waals surface area (Å²) in [6.45, 7) is 2.67. The lowest BCUT2D eigenvalue weighted by Gasteiger charge is -2.42. The van der Waals surface area contributed by atoms with Crippen molar-refractivity contribution in [2.24, 2.45) is 5.92 Å². The molecule has 0 saturated carbocycles. The third kappa shape index (κ3) is 2.69. The van der Waals surface area contributed by atoms with Gasteiger partial charge in [-0.25, -0.2) is 0 Å². The largest absolute Gasteiger partial charge is 0.375 e. The van der Waals surface area contributed by atoms with E-state index in [1.54, 1.807) is 6.08 Å². The first-order valence-corrected chi connectivity index (χ1v) is 7.29. The third-order valence-electron chi connectivity index (χ3n) is 3.63. The third-order valence-corrected chi connectivity index (χ3v) is 4.62. The van der Waals surface area contributed by atoms with Crippen LogP contribution in [0.1, 0.15) is 32.6 Å². The van der Waals surface area contributed by atoms with Crippen LogP contribution >= 0.6 is 11.8 Å². The maximum absolute atomic E-state index is 11.9. The van der Waals surface area contributed by atoms with Gasteiger partial charge in [0.1, 0.15) is 0 Å². The van der Waals surface area contributed by atoms with Gasteiger partial charge in [-0.15, -0.1) is 0 Å². The molecular formula is C13H20O2S. The highest BCUT2D eigenvalue weighted by molar-refractivity contribution is 7.99. The van der Waals surface area contributed by atoms with Gasteiger partial charge in [0.15, 0.2) is 5.78 Å². The zero-order valence-corrected chi connectivity index (χ0v) is 10.7. The topological polar surface area (TPSA) is 26.3 Å². The van der Waals surface area contributed by atoms with Crippen LogP contribution in [-0.2, 0) is 9.53 Å². The van der Waals surface area contributed by atoms with Crippen LogP contribution in [0.3, 0.4) is 0 Å². The van der Waals surface area contributed by atoms with E-state index in [4.69, 9.17) is 4.74 Å². The van der Waals surface area contributed by atoms with Crippen molar-refractivity contribution in [3.8, 4) is 0 Å². The van der Waals surface area contributed by atoms with Crippen LogP contribution in [0.5, 0.6) is 0 Å². The molecule has 0 aliphatic carbocycles. The molecule has 2 aliphatic rings. The summed E-state index contributed by atoms with van der Waals surface area (Å²) >= 11 is 2.00. The van der Waals surface area contributed by atoms with Gasteiger partial charge in [-0.05, 0) is 50.2 Å². The van der Waals surface area contributed by atoms with Crippen LogP contribution in [0.15, 0.2) is 12.2 Å². The maximum Gasteiger partial charge on any atom is 0.158 e. The minimum Gasteiger partial charge on any atom is -0.375 e. The number of rotatable bonds is 2. The molecule has 0 aromatic heterocycles. The fourth-order valence-corrected chi connectivity index (χ4v) is 3.90. The average molecular weight is 240 g/mol. The van der Waals surface area contributed by atoms with Crippen molar-refractivity contribution < 1.29 is 9.53 Å². The summed E-state index contributed by atoms with van der Waals surface area (Å²) in [5, 5.41) is 0. The maximum atomic E-state index is 11.9. The Morgan fingerprint density at radius 1 is 1.44 bits per heavy atom. The van der Waals surface area contributed by atoms with E-state index in [-0.39, 0.29) is 11.5 Å². The predicted molar refractivity (Wildman–Crippen MR) is 67.8 cm³/mol. The Kier molecular flexibility index (Phi) is 4.09. The minimum atomic E-state index is 0.0331. The molecule has 1 unspecified atom stereocenters. The van der Waals surface area contributed by atoms with Gasteiger partial charge in [0, 0.05) is 12.5 Å². The first-order chi connectivity index (χ1) is 7.76. The molecule has 0 amide bonds. The molecule has 2 fully saturated rings. The molecule has 2 aliphatic heterocycles. The Hall–Kier alpha value is -0.280. The van der Waals surface area contributed by atoms with Gasteiger partial charge in [-0.2, -0.15) is 11.8 Å². The van der Waals surface area contributed by atoms with Crippen LogP contribution in [0, 0.1) is 5.92 Å². The van der Waals surface area contributed by atoms with Gasteiger partial charge in [0.25, 0.3) is 0 Å². The van der Waals surface area contributed by atoms with Gasteiger partial charge in [0.2, 0.25) is 0 Å². The van der Waals surface area contributed by atoms with Crippen molar-refractivity contribution in [2.45, 2.75) is 38.2 Å². The first-order valence-electron chi connectivity index (χ1n) is 6.14. The normalized spacial score (nSPS) is 29.7. The molecule has 2 saturated heterocycles. The number of ether oxygens (including phenoxy) is 1. The molecule has 0 aromatic rings. The van der Waals surface area contributed by atoms with Crippen molar-refractivity contribution in [3.05, 3.63) is 12.2 Å². The summed E-state index contributed by atoms with van der Waals surface area (Å²) in [5.41, 5.74) is 0.0331. The summed E-state index contributed by atoms with van der Waals surface area (Å²) in [6.07, 6.45) is 7.66. The number of hydrogen-bond acceptors (Lipinski definition) is 3. The van der Waals surface area contributed by atoms with E-state index in [1.165, 1.54) is 11.5 Å². The first kappa shape index (κ1) is 12.2. The van der Waals surface area contributed by atoms with Crippen molar-refractivity contribution in [2.75, 3.05) is 18.1 Å². The Labute approximate surface area is 102 Å². The van der Waals surface area contributed by atoms with Gasteiger partial charge < -0.3 is 4.74 Å². The number of allylic oxidation sites excluding steroid dienone is 2. The molecule has 0 N–H and O–H groups in total. The van der Waals surface area contributed by atoms with Crippen LogP contribution in [0.2, 0.25) is 0 Å². The summed E-state index contributed by atoms with van der Waals surface area (Å²) < 4.78 is 5.98. The quantitative estimate of drug-likeness (QED) is 0.694. The van der Waals surface area contributed by atoms with Crippen molar-refractivity contribution >= 4 is 17.5 Å². The van der Waals surface area contributed by atoms with Gasteiger partial charge in [-0.1, -0.05) is 6.08 Å². The number of thioether (sulfide) groups is 1. The Bertz CT molecular complexity index is 274. The van der Waals surface area contributed by atoms with E-state index in [0.717, 1.165) is 32.3 Å². The molecule has 2 heterocycles. The van der Waals surface area contributed by atoms with Gasteiger partial charge >= 0.3 is 0 Å². The van der Waals surface area contributed by atoms with Crippen LogP contribution in [-0.4, -0.2) is 29.5 Å². The van der Waals surface area contributed by atoms with E-state index in [0.29, 0.717) is 5.78 Å². The molecule has 90 valence electrons. The molecule has 0 bridgehead atoms. The monoisotopic (exact) mass is 240 g/mol. The van der Waals surface area contributed by atoms with Crippen molar-refractivity contribution in [1.29, 1.82) is 0 Å². The molecule has 16 heavy (non-hydrogen) atoms. The highest BCUT2D eigenvalue weighted by atomic mass is 32.2. The minimum absolute atomic E-state index is 0.0331. The predicted octanol–water partition coefficient (Wildman–Crippen LogP) is 2.82. The van der Waals surface area contributed by atoms with Crippen molar-refractivity contribution in [1.82, 2.24) is 0 Å². The van der Waals surface area contributed by atoms with E-state index < -0.39 is 0 Å². The smallest absolute Gasteiger partial charge is 0.158 e. The lowest BCUT2D eigenvalue weighted by molar-refractivity contribution is -0.134. The molecule has 1 atom stereocenters. The lowest BCUT2D eigenvalue weighted by Crippen LogP contribution is -2.44. The summed E-state index contributed by atoms with van der Waals surface area (Å²) in [4.78, 5) is 11.9. The van der Waals surface area contributed by atoms with E-state index in [2.05, 4.69) is 0 Å². The Balaban J connectivity index is 2.00. The van der Waals surface area contributed by atoms with E-state index >= 15 is 0 Å². The second-order valence-electron chi connectivity index (χ2n) is 4.74. The molecule has 2 rings (SSSR count). The van der Waals surface area contributed by atoms with Gasteiger partial charge in [-0.3, -0.25) is 4.79 Å². The SMILES string of the molecule is C/C=C/C(=O)C1CCOC2(CCSCC2)C1. The fourth-order valence-electron chi connectivity index (χ4n) is 2.66. The van der Waals surface area contributed by atoms with Crippen LogP contribution in [0.4, 0.5) is 0 Å². The Morgan fingerprint density at radius 3 is 2.88 bits per heavy atom. The van der Waals surface area contributed by atoms with Crippen LogP contribution < -0.4 is 0 Å². The zero-order chi connectivity index (χ0) is 11.4. The second kappa shape index (κ2) is 5.37. The van der Waals surface area contributed by atoms with Gasteiger partial charge in [0.05, 0.1) is 5.60 Å². The average Bonchev–Trinajstić information content (AvgIpc) is 2.30. The molecule has 0 aromatic carbocycles. The van der Waals surface area contributed by atoms with Crippen molar-refractivity contribution in [3.63, 3.8) is 0 Å². The highest BCUT2D eigenvalue weighted by Crippen LogP contribution is 2.39. The summed E-state index contributed by atoms with van der Waals surface area (Å²) in [6, 6.07) is 0. The summed E-state index contributed by atoms with van der Waals surface area (Å²) in [7, 11) is 0. The Morgan fingerprint density at radius 2 is 2.19 bits per heavy atom. The standard InChI is InChI=1S/C13H20O2S/c1-2-3-12(14)11-4-7-15-13(10-11)5-8-16-9-6-13/h2-3,11H,4-10H2,1H3/b3-2+. The molecule has 3 heteroatoms. The number of carbonyl (C=O) groups excluding carboxylic acids is 1. The summed E-state index contributed by atoms with van der Waals surface area (Å²) in [5.74, 6) is 2.87. The number of carbonyl (C=O) groups is 1.